The van der Waals surface area contributed by atoms with E-state index in [9.17, 15) is 4.79 Å². The van der Waals surface area contributed by atoms with Crippen LogP contribution in [0.5, 0.6) is 11.5 Å². The van der Waals surface area contributed by atoms with Crippen LogP contribution >= 0.6 is 0 Å². The van der Waals surface area contributed by atoms with Gasteiger partial charge in [-0.3, -0.25) is 15.2 Å². The SMILES string of the molecule is Cc1ccc(Oc2cccc(N(C=O)Nc3cc(C(C)(C)C)no3)c2)cn1. The number of aromatic nitrogens is 2. The lowest BCUT2D eigenvalue weighted by Crippen LogP contribution is -2.27. The molecule has 0 aliphatic rings. The van der Waals surface area contributed by atoms with Crippen molar-refractivity contribution in [3.63, 3.8) is 0 Å². The molecule has 3 aromatic rings. The van der Waals surface area contributed by atoms with Crippen molar-refractivity contribution in [2.75, 3.05) is 10.4 Å². The van der Waals surface area contributed by atoms with Crippen LogP contribution in [-0.2, 0) is 10.2 Å². The molecule has 0 unspecified atom stereocenters. The zero-order valence-electron chi connectivity index (χ0n) is 15.8. The summed E-state index contributed by atoms with van der Waals surface area (Å²) in [7, 11) is 0. The molecule has 1 aromatic carbocycles. The van der Waals surface area contributed by atoms with E-state index < -0.39 is 0 Å². The molecule has 0 aliphatic heterocycles. The minimum Gasteiger partial charge on any atom is -0.456 e. The first-order valence-corrected chi connectivity index (χ1v) is 8.54. The highest BCUT2D eigenvalue weighted by molar-refractivity contribution is 5.78. The Hall–Kier alpha value is -3.35. The molecule has 2 heterocycles. The molecule has 1 N–H and O–H groups in total. The zero-order valence-corrected chi connectivity index (χ0v) is 15.8. The number of benzene rings is 1. The third-order valence-corrected chi connectivity index (χ3v) is 3.83. The Bertz CT molecular complexity index is 913. The van der Waals surface area contributed by atoms with Crippen LogP contribution in [0.4, 0.5) is 11.6 Å². The minimum absolute atomic E-state index is 0.148. The summed E-state index contributed by atoms with van der Waals surface area (Å²) in [5.74, 6) is 1.58. The van der Waals surface area contributed by atoms with Crippen molar-refractivity contribution in [3.05, 3.63) is 60.0 Å². The predicted octanol–water partition coefficient (Wildman–Crippen LogP) is 4.46. The van der Waals surface area contributed by atoms with Gasteiger partial charge in [-0.2, -0.15) is 0 Å². The van der Waals surface area contributed by atoms with Gasteiger partial charge >= 0.3 is 0 Å². The first-order chi connectivity index (χ1) is 12.8. The number of amides is 1. The summed E-state index contributed by atoms with van der Waals surface area (Å²) in [6.07, 6.45) is 2.31. The van der Waals surface area contributed by atoms with Crippen molar-refractivity contribution in [2.24, 2.45) is 0 Å². The quantitative estimate of drug-likeness (QED) is 0.512. The van der Waals surface area contributed by atoms with E-state index in [1.54, 1.807) is 36.5 Å². The Kier molecular flexibility index (Phi) is 5.12. The van der Waals surface area contributed by atoms with Crippen LogP contribution in [0.3, 0.4) is 0 Å². The van der Waals surface area contributed by atoms with E-state index in [-0.39, 0.29) is 5.41 Å². The fraction of sp³-hybridized carbons (Fsp3) is 0.250. The molecular weight excluding hydrogens is 344 g/mol. The molecule has 0 saturated heterocycles. The van der Waals surface area contributed by atoms with Gasteiger partial charge in [0.1, 0.15) is 11.5 Å². The van der Waals surface area contributed by atoms with Crippen molar-refractivity contribution < 1.29 is 14.1 Å². The van der Waals surface area contributed by atoms with E-state index in [0.29, 0.717) is 29.5 Å². The largest absolute Gasteiger partial charge is 0.456 e. The van der Waals surface area contributed by atoms with Crippen molar-refractivity contribution in [2.45, 2.75) is 33.1 Å². The van der Waals surface area contributed by atoms with Crippen LogP contribution < -0.4 is 15.2 Å². The molecule has 140 valence electrons. The maximum atomic E-state index is 11.6. The van der Waals surface area contributed by atoms with E-state index >= 15 is 0 Å². The van der Waals surface area contributed by atoms with Crippen LogP contribution in [0.15, 0.2) is 53.2 Å². The van der Waals surface area contributed by atoms with Gasteiger partial charge in [0.15, 0.2) is 0 Å². The number of hydrogen-bond donors (Lipinski definition) is 1. The smallest absolute Gasteiger partial charge is 0.243 e. The molecule has 3 rings (SSSR count). The molecule has 7 heteroatoms. The number of aryl methyl sites for hydroxylation is 1. The van der Waals surface area contributed by atoms with Gasteiger partial charge in [0.2, 0.25) is 12.3 Å². The normalized spacial score (nSPS) is 11.1. The van der Waals surface area contributed by atoms with Crippen LogP contribution in [0.1, 0.15) is 32.2 Å². The van der Waals surface area contributed by atoms with Gasteiger partial charge in [0.25, 0.3) is 0 Å². The second-order valence-electron chi connectivity index (χ2n) is 7.15. The summed E-state index contributed by atoms with van der Waals surface area (Å²) in [4.78, 5) is 15.8. The molecule has 27 heavy (non-hydrogen) atoms. The standard InChI is InChI=1S/C20H22N4O3/c1-14-8-9-17(12-21-14)26-16-7-5-6-15(10-16)24(13-25)22-19-11-18(23-27-19)20(2,3)4/h5-13,22H,1-4H3. The van der Waals surface area contributed by atoms with Gasteiger partial charge in [-0.05, 0) is 31.2 Å². The number of rotatable bonds is 6. The highest BCUT2D eigenvalue weighted by Crippen LogP contribution is 2.27. The number of ether oxygens (including phenoxy) is 1. The number of carbonyl (C=O) groups is 1. The maximum absolute atomic E-state index is 11.6. The van der Waals surface area contributed by atoms with Gasteiger partial charge in [0.05, 0.1) is 17.6 Å². The van der Waals surface area contributed by atoms with Gasteiger partial charge in [-0.1, -0.05) is 32.0 Å². The number of anilines is 2. The van der Waals surface area contributed by atoms with Crippen LogP contribution in [0, 0.1) is 6.92 Å². The van der Waals surface area contributed by atoms with Crippen molar-refractivity contribution in [1.82, 2.24) is 10.1 Å². The fourth-order valence-corrected chi connectivity index (χ4v) is 2.30. The summed E-state index contributed by atoms with van der Waals surface area (Å²) in [5, 5.41) is 5.34. The Morgan fingerprint density at radius 2 is 1.96 bits per heavy atom. The molecule has 2 aromatic heterocycles. The lowest BCUT2D eigenvalue weighted by Gasteiger charge is -2.18. The molecule has 0 saturated carbocycles. The van der Waals surface area contributed by atoms with Crippen LogP contribution in [0.2, 0.25) is 0 Å². The number of hydrazine groups is 1. The molecule has 0 fully saturated rings. The predicted molar refractivity (Wildman–Crippen MR) is 103 cm³/mol. The third kappa shape index (κ3) is 4.63. The number of pyridine rings is 1. The van der Waals surface area contributed by atoms with Gasteiger partial charge < -0.3 is 9.26 Å². The number of carbonyl (C=O) groups excluding carboxylic acids is 1. The molecule has 0 aliphatic carbocycles. The molecule has 7 nitrogen and oxygen atoms in total. The van der Waals surface area contributed by atoms with Gasteiger partial charge in [0, 0.05) is 23.2 Å². The molecule has 1 amide bonds. The fourth-order valence-electron chi connectivity index (χ4n) is 2.30. The average Bonchev–Trinajstić information content (AvgIpc) is 3.11. The van der Waals surface area contributed by atoms with Crippen molar-refractivity contribution >= 4 is 18.0 Å². The first kappa shape index (κ1) is 18.4. The lowest BCUT2D eigenvalue weighted by atomic mass is 9.92. The van der Waals surface area contributed by atoms with E-state index in [1.165, 1.54) is 5.01 Å². The Morgan fingerprint density at radius 3 is 2.59 bits per heavy atom. The Balaban J connectivity index is 1.76. The first-order valence-electron chi connectivity index (χ1n) is 8.54. The molecule has 0 radical (unpaired) electrons. The molecule has 0 bridgehead atoms. The van der Waals surface area contributed by atoms with Gasteiger partial charge in [-0.15, -0.1) is 0 Å². The summed E-state index contributed by atoms with van der Waals surface area (Å²) < 4.78 is 11.1. The summed E-state index contributed by atoms with van der Waals surface area (Å²) in [6.45, 7) is 8.01. The second kappa shape index (κ2) is 7.49. The maximum Gasteiger partial charge on any atom is 0.243 e. The average molecular weight is 366 g/mol. The number of nitrogens with zero attached hydrogens (tertiary/aromatic N) is 3. The zero-order chi connectivity index (χ0) is 19.4. The van der Waals surface area contributed by atoms with E-state index in [1.807, 2.05) is 39.8 Å². The minimum atomic E-state index is -0.148. The molecule has 0 spiro atoms. The van der Waals surface area contributed by atoms with Crippen LogP contribution in [0.25, 0.3) is 0 Å². The number of nitrogens with one attached hydrogen (secondary N) is 1. The van der Waals surface area contributed by atoms with E-state index in [4.69, 9.17) is 9.26 Å². The monoisotopic (exact) mass is 366 g/mol. The molecular formula is C20H22N4O3. The Labute approximate surface area is 157 Å². The van der Waals surface area contributed by atoms with Crippen molar-refractivity contribution in [3.8, 4) is 11.5 Å². The summed E-state index contributed by atoms with van der Waals surface area (Å²) >= 11 is 0. The third-order valence-electron chi connectivity index (χ3n) is 3.83. The highest BCUT2D eigenvalue weighted by atomic mass is 16.5. The van der Waals surface area contributed by atoms with E-state index in [0.717, 1.165) is 11.4 Å². The second-order valence-corrected chi connectivity index (χ2v) is 7.15. The summed E-state index contributed by atoms with van der Waals surface area (Å²) in [5.41, 5.74) is 5.05. The van der Waals surface area contributed by atoms with Crippen molar-refractivity contribution in [1.29, 1.82) is 0 Å². The lowest BCUT2D eigenvalue weighted by molar-refractivity contribution is -0.107. The topological polar surface area (TPSA) is 80.5 Å². The molecule has 0 atom stereocenters. The highest BCUT2D eigenvalue weighted by Gasteiger charge is 2.20. The van der Waals surface area contributed by atoms with Crippen LogP contribution in [-0.4, -0.2) is 16.6 Å². The summed E-state index contributed by atoms with van der Waals surface area (Å²) in [6, 6.07) is 12.6. The van der Waals surface area contributed by atoms with E-state index in [2.05, 4.69) is 15.6 Å². The van der Waals surface area contributed by atoms with Gasteiger partial charge in [-0.25, -0.2) is 5.01 Å². The Morgan fingerprint density at radius 1 is 1.15 bits per heavy atom. The number of hydrogen-bond acceptors (Lipinski definition) is 6.